The number of carbonyl (C=O) groups excluding carboxylic acids is 1. The molecule has 0 aliphatic carbocycles. The summed E-state index contributed by atoms with van der Waals surface area (Å²) in [5.41, 5.74) is 6.78. The summed E-state index contributed by atoms with van der Waals surface area (Å²) in [6.07, 6.45) is 8.96. The maximum atomic E-state index is 12.9. The van der Waals surface area contributed by atoms with Crippen LogP contribution in [0.3, 0.4) is 0 Å². The topological polar surface area (TPSA) is 74.5 Å². The predicted molar refractivity (Wildman–Crippen MR) is 146 cm³/mol. The van der Waals surface area contributed by atoms with Crippen molar-refractivity contribution >= 4 is 11.6 Å². The summed E-state index contributed by atoms with van der Waals surface area (Å²) in [6, 6.07) is 17.7. The molecule has 2 aromatic rings. The van der Waals surface area contributed by atoms with E-state index in [1.54, 1.807) is 12.1 Å². The molecule has 2 aromatic carbocycles. The van der Waals surface area contributed by atoms with Gasteiger partial charge in [0, 0.05) is 17.7 Å². The average Bonchev–Trinajstić information content (AvgIpc) is 2.92. The molecule has 1 aliphatic rings. The van der Waals surface area contributed by atoms with E-state index in [4.69, 9.17) is 9.73 Å². The van der Waals surface area contributed by atoms with E-state index in [1.165, 1.54) is 0 Å². The van der Waals surface area contributed by atoms with Crippen molar-refractivity contribution in [2.45, 2.75) is 39.7 Å². The summed E-state index contributed by atoms with van der Waals surface area (Å²) in [5.74, 6) is -0.566. The van der Waals surface area contributed by atoms with E-state index in [9.17, 15) is 10.1 Å². The molecule has 3 rings (SSSR count). The molecule has 1 unspecified atom stereocenters. The van der Waals surface area contributed by atoms with Gasteiger partial charge in [-0.15, -0.1) is 0 Å². The second kappa shape index (κ2) is 13.2. The monoisotopic (exact) mass is 479 g/mol. The van der Waals surface area contributed by atoms with E-state index in [-0.39, 0.29) is 18.4 Å². The quantitative estimate of drug-likeness (QED) is 0.333. The Balaban J connectivity index is 1.79. The molecule has 1 heterocycles. The van der Waals surface area contributed by atoms with Crippen LogP contribution in [0.25, 0.3) is 0 Å². The van der Waals surface area contributed by atoms with Crippen molar-refractivity contribution in [1.29, 1.82) is 5.26 Å². The summed E-state index contributed by atoms with van der Waals surface area (Å²) < 4.78 is 5.46. The van der Waals surface area contributed by atoms with Crippen LogP contribution in [0.15, 0.2) is 101 Å². The van der Waals surface area contributed by atoms with Crippen molar-refractivity contribution in [3.8, 4) is 6.07 Å². The highest BCUT2D eigenvalue weighted by atomic mass is 16.5. The molecule has 0 saturated heterocycles. The molecule has 0 aromatic heterocycles. The lowest BCUT2D eigenvalue weighted by Gasteiger charge is -2.21. The molecular weight excluding hydrogens is 446 g/mol. The minimum atomic E-state index is -0.357. The number of carbonyl (C=O) groups is 1. The number of hydrogen-bond donors (Lipinski definition) is 1. The number of allylic oxidation sites excluding steroid dienone is 4. The molecule has 5 heteroatoms. The molecule has 0 spiro atoms. The van der Waals surface area contributed by atoms with E-state index in [1.807, 2.05) is 68.5 Å². The second-order valence-corrected chi connectivity index (χ2v) is 8.63. The van der Waals surface area contributed by atoms with Gasteiger partial charge >= 0.3 is 0 Å². The van der Waals surface area contributed by atoms with E-state index >= 15 is 0 Å². The van der Waals surface area contributed by atoms with Crippen LogP contribution in [0, 0.1) is 11.3 Å². The third-order valence-electron chi connectivity index (χ3n) is 5.96. The number of benzene rings is 2. The molecule has 0 saturated carbocycles. The fourth-order valence-electron chi connectivity index (χ4n) is 3.76. The van der Waals surface area contributed by atoms with Crippen LogP contribution in [0.1, 0.15) is 60.2 Å². The maximum absolute atomic E-state index is 12.9. The van der Waals surface area contributed by atoms with Gasteiger partial charge in [-0.05, 0) is 66.8 Å². The van der Waals surface area contributed by atoms with Gasteiger partial charge in [0.15, 0.2) is 0 Å². The average molecular weight is 480 g/mol. The third-order valence-corrected chi connectivity index (χ3v) is 5.96. The highest BCUT2D eigenvalue weighted by Gasteiger charge is 2.22. The van der Waals surface area contributed by atoms with Gasteiger partial charge in [-0.25, -0.2) is 4.99 Å². The van der Waals surface area contributed by atoms with E-state index < -0.39 is 0 Å². The summed E-state index contributed by atoms with van der Waals surface area (Å²) in [7, 11) is 0. The number of aliphatic imine (C=N–C) groups is 1. The van der Waals surface area contributed by atoms with Gasteiger partial charge in [0.1, 0.15) is 0 Å². The molecule has 1 N–H and O–H groups in total. The van der Waals surface area contributed by atoms with Crippen LogP contribution in [0.5, 0.6) is 0 Å². The van der Waals surface area contributed by atoms with Crippen molar-refractivity contribution in [1.82, 2.24) is 5.32 Å². The Labute approximate surface area is 214 Å². The summed E-state index contributed by atoms with van der Waals surface area (Å²) >= 11 is 0. The molecule has 1 aliphatic heterocycles. The zero-order valence-corrected chi connectivity index (χ0v) is 21.3. The molecule has 1 amide bonds. The zero-order valence-electron chi connectivity index (χ0n) is 21.3. The standard InChI is InChI=1S/C31H33N3O2/c1-5-7-13-29(24-11-9-8-10-12-24)34-30(23(4)6-2)16-22(3)19-33-31(35)25-14-15-26-20-36-21-27(18-32)28(26)17-25/h6-17,27H,3,5,19-21H2,1-2,4H3,(H,33,35)/b13-7+,23-6-,30-16+,34-29-. The fourth-order valence-corrected chi connectivity index (χ4v) is 3.76. The van der Waals surface area contributed by atoms with Crippen molar-refractivity contribution < 1.29 is 9.53 Å². The van der Waals surface area contributed by atoms with Crippen LogP contribution in [-0.2, 0) is 11.3 Å². The third kappa shape index (κ3) is 7.00. The van der Waals surface area contributed by atoms with Gasteiger partial charge in [0.05, 0.1) is 36.6 Å². The first kappa shape index (κ1) is 26.6. The van der Waals surface area contributed by atoms with Crippen LogP contribution in [-0.4, -0.2) is 24.8 Å². The molecule has 0 radical (unpaired) electrons. The van der Waals surface area contributed by atoms with E-state index in [0.717, 1.165) is 45.7 Å². The Hall–Kier alpha value is -4.01. The Bertz CT molecular complexity index is 1260. The Kier molecular flexibility index (Phi) is 9.73. The highest BCUT2D eigenvalue weighted by Crippen LogP contribution is 2.27. The predicted octanol–water partition coefficient (Wildman–Crippen LogP) is 6.42. The van der Waals surface area contributed by atoms with Crippen molar-refractivity contribution in [3.63, 3.8) is 0 Å². The van der Waals surface area contributed by atoms with Crippen LogP contribution < -0.4 is 5.32 Å². The molecule has 1 atom stereocenters. The molecule has 5 nitrogen and oxygen atoms in total. The lowest BCUT2D eigenvalue weighted by atomic mass is 9.92. The van der Waals surface area contributed by atoms with Gasteiger partial charge in [0.25, 0.3) is 5.91 Å². The first-order valence-electron chi connectivity index (χ1n) is 12.2. The number of ether oxygens (including phenoxy) is 1. The molecule has 184 valence electrons. The van der Waals surface area contributed by atoms with Gasteiger partial charge in [-0.1, -0.05) is 62.1 Å². The summed E-state index contributed by atoms with van der Waals surface area (Å²) in [4.78, 5) is 17.8. The van der Waals surface area contributed by atoms with Crippen LogP contribution in [0.2, 0.25) is 0 Å². The zero-order chi connectivity index (χ0) is 25.9. The van der Waals surface area contributed by atoms with Crippen molar-refractivity contribution in [2.24, 2.45) is 4.99 Å². The van der Waals surface area contributed by atoms with Gasteiger partial charge in [-0.3, -0.25) is 4.79 Å². The second-order valence-electron chi connectivity index (χ2n) is 8.63. The van der Waals surface area contributed by atoms with Crippen molar-refractivity contribution in [3.05, 3.63) is 119 Å². The number of rotatable bonds is 9. The first-order valence-corrected chi connectivity index (χ1v) is 12.2. The number of hydrogen-bond acceptors (Lipinski definition) is 4. The SMILES string of the molecule is C=C(/C=C(/N=C(/C=C/CC)c1ccccc1)C(\C)=C/C)CNC(=O)c1ccc2c(c1)C(C#N)COC2. The normalized spacial score (nSPS) is 16.4. The number of fused-ring (bicyclic) bond motifs is 1. The van der Waals surface area contributed by atoms with E-state index in [2.05, 4.69) is 31.0 Å². The number of nitrogens with zero attached hydrogens (tertiary/aromatic N) is 2. The lowest BCUT2D eigenvalue weighted by Crippen LogP contribution is -2.26. The first-order chi connectivity index (χ1) is 17.5. The number of nitriles is 1. The van der Waals surface area contributed by atoms with Crippen LogP contribution in [0.4, 0.5) is 0 Å². The summed E-state index contributed by atoms with van der Waals surface area (Å²) in [5, 5.41) is 12.3. The maximum Gasteiger partial charge on any atom is 0.251 e. The summed E-state index contributed by atoms with van der Waals surface area (Å²) in [6.45, 7) is 11.3. The molecule has 0 fully saturated rings. The van der Waals surface area contributed by atoms with Gasteiger partial charge < -0.3 is 10.1 Å². The Morgan fingerprint density at radius 2 is 2.03 bits per heavy atom. The Morgan fingerprint density at radius 3 is 2.72 bits per heavy atom. The molecular formula is C31H33N3O2. The van der Waals surface area contributed by atoms with Gasteiger partial charge in [0.2, 0.25) is 0 Å². The Morgan fingerprint density at radius 1 is 1.25 bits per heavy atom. The molecule has 36 heavy (non-hydrogen) atoms. The van der Waals surface area contributed by atoms with Crippen molar-refractivity contribution in [2.75, 3.05) is 13.2 Å². The minimum Gasteiger partial charge on any atom is -0.375 e. The minimum absolute atomic E-state index is 0.209. The fraction of sp³-hybridized carbons (Fsp3) is 0.258. The van der Waals surface area contributed by atoms with E-state index in [0.29, 0.717) is 18.8 Å². The van der Waals surface area contributed by atoms with Gasteiger partial charge in [-0.2, -0.15) is 5.26 Å². The largest absolute Gasteiger partial charge is 0.375 e. The number of nitrogens with one attached hydrogen (secondary N) is 1. The lowest BCUT2D eigenvalue weighted by molar-refractivity contribution is 0.0952. The molecule has 0 bridgehead atoms. The highest BCUT2D eigenvalue weighted by molar-refractivity contribution is 6.09. The van der Waals surface area contributed by atoms with Crippen LogP contribution >= 0.6 is 0 Å². The number of amides is 1. The smallest absolute Gasteiger partial charge is 0.251 e.